The maximum Gasteiger partial charge on any atom is 0.132 e. The quantitative estimate of drug-likeness (QED) is 0.537. The van der Waals surface area contributed by atoms with E-state index < -0.39 is 0 Å². The SMILES string of the molecule is O=C1CCC2C3CC=CCC2C3CC1. The maximum atomic E-state index is 11.4. The smallest absolute Gasteiger partial charge is 0.132 e. The Bertz CT molecular complexity index is 245. The zero-order valence-electron chi connectivity index (χ0n) is 8.61. The van der Waals surface area contributed by atoms with Crippen LogP contribution in [0.1, 0.15) is 38.5 Å². The first-order chi connectivity index (χ1) is 6.86. The molecular weight excluding hydrogens is 172 g/mol. The first-order valence-electron chi connectivity index (χ1n) is 6.03. The van der Waals surface area contributed by atoms with Crippen LogP contribution in [0.5, 0.6) is 0 Å². The normalized spacial score (nSPS) is 46.1. The van der Waals surface area contributed by atoms with Gasteiger partial charge in [0.1, 0.15) is 5.78 Å². The summed E-state index contributed by atoms with van der Waals surface area (Å²) in [6.07, 6.45) is 11.4. The van der Waals surface area contributed by atoms with Gasteiger partial charge in [-0.2, -0.15) is 0 Å². The summed E-state index contributed by atoms with van der Waals surface area (Å²) in [5.41, 5.74) is 0. The molecule has 0 saturated heterocycles. The van der Waals surface area contributed by atoms with E-state index in [0.29, 0.717) is 5.78 Å². The molecule has 76 valence electrons. The van der Waals surface area contributed by atoms with E-state index in [1.165, 1.54) is 25.7 Å². The Labute approximate surface area is 85.6 Å². The lowest BCUT2D eigenvalue weighted by molar-refractivity contribution is -0.124. The van der Waals surface area contributed by atoms with Crippen molar-refractivity contribution >= 4 is 5.78 Å². The van der Waals surface area contributed by atoms with E-state index in [-0.39, 0.29) is 0 Å². The number of carbonyl (C=O) groups excluding carboxylic acids is 1. The van der Waals surface area contributed by atoms with Crippen LogP contribution in [-0.2, 0) is 4.79 Å². The third-order valence-corrected chi connectivity index (χ3v) is 4.70. The van der Waals surface area contributed by atoms with Crippen molar-refractivity contribution in [3.05, 3.63) is 12.2 Å². The molecule has 0 unspecified atom stereocenters. The summed E-state index contributed by atoms with van der Waals surface area (Å²) in [4.78, 5) is 11.4. The fourth-order valence-electron chi connectivity index (χ4n) is 3.97. The van der Waals surface area contributed by atoms with Crippen molar-refractivity contribution in [1.82, 2.24) is 0 Å². The molecule has 0 heterocycles. The number of Topliss-reactive ketones (excluding diaryl/α,β-unsaturated/α-hetero) is 1. The number of hydrogen-bond acceptors (Lipinski definition) is 1. The van der Waals surface area contributed by atoms with Crippen molar-refractivity contribution in [2.45, 2.75) is 38.5 Å². The molecule has 1 heteroatoms. The number of fused-ring (bicyclic) bond motifs is 4. The van der Waals surface area contributed by atoms with Crippen LogP contribution >= 0.6 is 0 Å². The highest BCUT2D eigenvalue weighted by Crippen LogP contribution is 2.56. The van der Waals surface area contributed by atoms with Crippen LogP contribution < -0.4 is 0 Å². The zero-order chi connectivity index (χ0) is 9.54. The maximum absolute atomic E-state index is 11.4. The third-order valence-electron chi connectivity index (χ3n) is 4.70. The molecule has 4 bridgehead atoms. The van der Waals surface area contributed by atoms with Gasteiger partial charge in [0.05, 0.1) is 0 Å². The minimum atomic E-state index is 0.518. The molecule has 4 aliphatic rings. The van der Waals surface area contributed by atoms with Crippen molar-refractivity contribution in [2.75, 3.05) is 0 Å². The van der Waals surface area contributed by atoms with Gasteiger partial charge in [0.15, 0.2) is 0 Å². The number of allylic oxidation sites excluding steroid dienone is 2. The van der Waals surface area contributed by atoms with Gasteiger partial charge in [-0.05, 0) is 49.4 Å². The number of hydrogen-bond donors (Lipinski definition) is 0. The second-order valence-electron chi connectivity index (χ2n) is 5.21. The van der Waals surface area contributed by atoms with Gasteiger partial charge in [-0.25, -0.2) is 0 Å². The Kier molecular flexibility index (Phi) is 2.00. The van der Waals surface area contributed by atoms with E-state index >= 15 is 0 Å². The predicted molar refractivity (Wildman–Crippen MR) is 55.8 cm³/mol. The minimum absolute atomic E-state index is 0.518. The summed E-state index contributed by atoms with van der Waals surface area (Å²) in [6, 6.07) is 0. The lowest BCUT2D eigenvalue weighted by Gasteiger charge is -2.52. The Morgan fingerprint density at radius 1 is 0.857 bits per heavy atom. The lowest BCUT2D eigenvalue weighted by Crippen LogP contribution is -2.47. The molecular formula is C13H18O. The first-order valence-corrected chi connectivity index (χ1v) is 6.03. The molecule has 4 aliphatic carbocycles. The summed E-state index contributed by atoms with van der Waals surface area (Å²) >= 11 is 0. The molecule has 0 N–H and O–H groups in total. The second kappa shape index (κ2) is 3.22. The van der Waals surface area contributed by atoms with Crippen molar-refractivity contribution in [3.63, 3.8) is 0 Å². The van der Waals surface area contributed by atoms with Crippen LogP contribution in [0.25, 0.3) is 0 Å². The fourth-order valence-corrected chi connectivity index (χ4v) is 3.97. The summed E-state index contributed by atoms with van der Waals surface area (Å²) in [5, 5.41) is 0. The van der Waals surface area contributed by atoms with Gasteiger partial charge in [0, 0.05) is 12.8 Å². The largest absolute Gasteiger partial charge is 0.300 e. The molecule has 0 spiro atoms. The topological polar surface area (TPSA) is 17.1 Å². The zero-order valence-corrected chi connectivity index (χ0v) is 8.61. The highest BCUT2D eigenvalue weighted by Gasteiger charge is 2.49. The van der Waals surface area contributed by atoms with E-state index in [9.17, 15) is 4.79 Å². The van der Waals surface area contributed by atoms with Gasteiger partial charge in [-0.1, -0.05) is 12.2 Å². The van der Waals surface area contributed by atoms with Crippen molar-refractivity contribution in [1.29, 1.82) is 0 Å². The summed E-state index contributed by atoms with van der Waals surface area (Å²) in [7, 11) is 0. The van der Waals surface area contributed by atoms with Crippen molar-refractivity contribution in [3.8, 4) is 0 Å². The standard InChI is InChI=1S/C13H18O/c14-9-5-7-12-10-3-1-2-4-11(12)13(10)8-6-9/h1-2,10-13H,3-8H2. The van der Waals surface area contributed by atoms with E-state index in [2.05, 4.69) is 12.2 Å². The van der Waals surface area contributed by atoms with Gasteiger partial charge < -0.3 is 0 Å². The molecule has 14 heavy (non-hydrogen) atoms. The highest BCUT2D eigenvalue weighted by atomic mass is 16.1. The molecule has 0 amide bonds. The van der Waals surface area contributed by atoms with E-state index in [4.69, 9.17) is 0 Å². The molecule has 0 aromatic heterocycles. The Morgan fingerprint density at radius 2 is 1.36 bits per heavy atom. The van der Waals surface area contributed by atoms with Gasteiger partial charge in [0.2, 0.25) is 0 Å². The van der Waals surface area contributed by atoms with Gasteiger partial charge in [0.25, 0.3) is 0 Å². The van der Waals surface area contributed by atoms with E-state index in [1.807, 2.05) is 0 Å². The molecule has 4 rings (SSSR count). The number of rotatable bonds is 0. The summed E-state index contributed by atoms with van der Waals surface area (Å²) in [5.74, 6) is 4.17. The van der Waals surface area contributed by atoms with E-state index in [0.717, 1.165) is 36.5 Å². The van der Waals surface area contributed by atoms with Crippen LogP contribution in [0.2, 0.25) is 0 Å². The van der Waals surface area contributed by atoms with Gasteiger partial charge >= 0.3 is 0 Å². The molecule has 0 aromatic carbocycles. The summed E-state index contributed by atoms with van der Waals surface area (Å²) < 4.78 is 0. The minimum Gasteiger partial charge on any atom is -0.300 e. The molecule has 0 aliphatic heterocycles. The third kappa shape index (κ3) is 1.18. The van der Waals surface area contributed by atoms with Crippen LogP contribution in [0.3, 0.4) is 0 Å². The average Bonchev–Trinajstić information content (AvgIpc) is 2.44. The van der Waals surface area contributed by atoms with Crippen LogP contribution in [-0.4, -0.2) is 5.78 Å². The Hall–Kier alpha value is -0.590. The number of carbonyl (C=O) groups is 1. The Morgan fingerprint density at radius 3 is 1.86 bits per heavy atom. The molecule has 3 saturated carbocycles. The molecule has 1 nitrogen and oxygen atoms in total. The van der Waals surface area contributed by atoms with Crippen LogP contribution in [0, 0.1) is 23.7 Å². The monoisotopic (exact) mass is 190 g/mol. The number of ketones is 1. The predicted octanol–water partition coefficient (Wildman–Crippen LogP) is 2.96. The molecule has 0 aromatic rings. The second-order valence-corrected chi connectivity index (χ2v) is 5.21. The molecule has 3 fully saturated rings. The Balaban J connectivity index is 1.79. The first kappa shape index (κ1) is 8.70. The van der Waals surface area contributed by atoms with Crippen LogP contribution in [0.15, 0.2) is 12.2 Å². The highest BCUT2D eigenvalue weighted by molar-refractivity contribution is 5.78. The molecule has 0 radical (unpaired) electrons. The van der Waals surface area contributed by atoms with Crippen molar-refractivity contribution in [2.24, 2.45) is 23.7 Å². The van der Waals surface area contributed by atoms with Crippen LogP contribution in [0.4, 0.5) is 0 Å². The van der Waals surface area contributed by atoms with Crippen molar-refractivity contribution < 1.29 is 4.79 Å². The van der Waals surface area contributed by atoms with Gasteiger partial charge in [-0.15, -0.1) is 0 Å². The fraction of sp³-hybridized carbons (Fsp3) is 0.769. The van der Waals surface area contributed by atoms with E-state index in [1.54, 1.807) is 0 Å². The average molecular weight is 190 g/mol. The summed E-state index contributed by atoms with van der Waals surface area (Å²) in [6.45, 7) is 0. The molecule has 0 atom stereocenters. The van der Waals surface area contributed by atoms with Gasteiger partial charge in [-0.3, -0.25) is 4.79 Å². The lowest BCUT2D eigenvalue weighted by atomic mass is 9.52.